The van der Waals surface area contributed by atoms with E-state index < -0.39 is 0 Å². The zero-order valence-corrected chi connectivity index (χ0v) is 20.2. The van der Waals surface area contributed by atoms with Crippen molar-refractivity contribution in [2.75, 3.05) is 42.5 Å². The predicted molar refractivity (Wildman–Crippen MR) is 139 cm³/mol. The molecule has 10 nitrogen and oxygen atoms in total. The van der Waals surface area contributed by atoms with Crippen LogP contribution in [0, 0.1) is 5.82 Å². The molecule has 0 bridgehead atoms. The van der Waals surface area contributed by atoms with Gasteiger partial charge in [-0.25, -0.2) is 24.0 Å². The molecule has 0 radical (unpaired) electrons. The SMILES string of the molecule is O=C(Cn1cnc2ccccc21)NCCn1ncc2c(N3CCN(c4ccc(F)cc4)CC3)ncnc21. The zero-order valence-electron chi connectivity index (χ0n) is 20.2. The molecule has 1 fully saturated rings. The maximum atomic E-state index is 13.3. The van der Waals surface area contributed by atoms with Gasteiger partial charge in [0.2, 0.25) is 5.91 Å². The molecule has 11 heteroatoms. The van der Waals surface area contributed by atoms with Crippen LogP contribution in [0.4, 0.5) is 15.9 Å². The number of nitrogens with zero attached hydrogens (tertiary/aromatic N) is 8. The highest BCUT2D eigenvalue weighted by Gasteiger charge is 2.21. The third kappa shape index (κ3) is 4.67. The number of nitrogens with one attached hydrogen (secondary N) is 1. The molecule has 5 aromatic rings. The van der Waals surface area contributed by atoms with Crippen LogP contribution in [-0.4, -0.2) is 67.9 Å². The zero-order chi connectivity index (χ0) is 25.2. The van der Waals surface area contributed by atoms with Gasteiger partial charge >= 0.3 is 0 Å². The summed E-state index contributed by atoms with van der Waals surface area (Å²) in [5.74, 6) is 0.536. The minimum absolute atomic E-state index is 0.0889. The monoisotopic (exact) mass is 499 g/mol. The normalized spacial score (nSPS) is 14.0. The van der Waals surface area contributed by atoms with Crippen LogP contribution in [0.2, 0.25) is 0 Å². The topological polar surface area (TPSA) is 97.0 Å². The molecule has 1 saturated heterocycles. The third-order valence-electron chi connectivity index (χ3n) is 6.67. The molecule has 1 aliphatic heterocycles. The van der Waals surface area contributed by atoms with Crippen molar-refractivity contribution in [3.63, 3.8) is 0 Å². The van der Waals surface area contributed by atoms with Crippen molar-refractivity contribution < 1.29 is 9.18 Å². The van der Waals surface area contributed by atoms with Crippen LogP contribution in [0.25, 0.3) is 22.1 Å². The summed E-state index contributed by atoms with van der Waals surface area (Å²) in [7, 11) is 0. The van der Waals surface area contributed by atoms with E-state index in [-0.39, 0.29) is 18.3 Å². The standard InChI is InChI=1S/C26H26FN9O/c27-19-5-7-20(8-6-19)33-11-13-34(14-12-33)25-21-15-32-36(26(21)30-17-29-25)10-9-28-24(37)16-35-18-31-22-3-1-2-4-23(22)35/h1-8,15,17-18H,9-14,16H2,(H,28,37). The summed E-state index contributed by atoms with van der Waals surface area (Å²) in [6.07, 6.45) is 5.03. The molecule has 0 aliphatic carbocycles. The molecule has 0 saturated carbocycles. The van der Waals surface area contributed by atoms with E-state index in [1.54, 1.807) is 23.5 Å². The highest BCUT2D eigenvalue weighted by molar-refractivity contribution is 5.87. The van der Waals surface area contributed by atoms with E-state index in [0.717, 1.165) is 59.8 Å². The summed E-state index contributed by atoms with van der Waals surface area (Å²) in [5.41, 5.74) is 3.55. The van der Waals surface area contributed by atoms with E-state index >= 15 is 0 Å². The van der Waals surface area contributed by atoms with Crippen molar-refractivity contribution in [1.29, 1.82) is 0 Å². The lowest BCUT2D eigenvalue weighted by atomic mass is 10.2. The van der Waals surface area contributed by atoms with Crippen molar-refractivity contribution >= 4 is 39.5 Å². The van der Waals surface area contributed by atoms with Crippen LogP contribution in [0.5, 0.6) is 0 Å². The fourth-order valence-electron chi connectivity index (χ4n) is 4.77. The average molecular weight is 500 g/mol. The smallest absolute Gasteiger partial charge is 0.240 e. The largest absolute Gasteiger partial charge is 0.368 e. The van der Waals surface area contributed by atoms with E-state index in [4.69, 9.17) is 0 Å². The number of hydrogen-bond donors (Lipinski definition) is 1. The minimum Gasteiger partial charge on any atom is -0.368 e. The highest BCUT2D eigenvalue weighted by Crippen LogP contribution is 2.25. The van der Waals surface area contributed by atoms with Crippen molar-refractivity contribution in [2.45, 2.75) is 13.1 Å². The Kier molecular flexibility index (Phi) is 6.09. The Morgan fingerprint density at radius 3 is 2.57 bits per heavy atom. The number of benzene rings is 2. The van der Waals surface area contributed by atoms with E-state index in [9.17, 15) is 9.18 Å². The Morgan fingerprint density at radius 2 is 1.73 bits per heavy atom. The molecule has 37 heavy (non-hydrogen) atoms. The molecule has 6 rings (SSSR count). The molecule has 1 N–H and O–H groups in total. The summed E-state index contributed by atoms with van der Waals surface area (Å²) in [6, 6.07) is 14.3. The van der Waals surface area contributed by atoms with Gasteiger partial charge in [0.15, 0.2) is 5.65 Å². The van der Waals surface area contributed by atoms with Gasteiger partial charge in [-0.3, -0.25) is 4.79 Å². The molecule has 188 valence electrons. The van der Waals surface area contributed by atoms with Gasteiger partial charge in [-0.15, -0.1) is 0 Å². The number of fused-ring (bicyclic) bond motifs is 2. The first kappa shape index (κ1) is 22.9. The maximum absolute atomic E-state index is 13.3. The second-order valence-corrected chi connectivity index (χ2v) is 8.96. The Balaban J connectivity index is 1.07. The van der Waals surface area contributed by atoms with Gasteiger partial charge < -0.3 is 19.7 Å². The molecule has 2 aromatic carbocycles. The van der Waals surface area contributed by atoms with Crippen molar-refractivity contribution in [3.05, 3.63) is 73.2 Å². The molecule has 4 heterocycles. The second kappa shape index (κ2) is 9.84. The fraction of sp³-hybridized carbons (Fsp3) is 0.269. The number of hydrogen-bond acceptors (Lipinski definition) is 7. The summed E-state index contributed by atoms with van der Waals surface area (Å²) in [5, 5.41) is 8.35. The molecule has 3 aromatic heterocycles. The van der Waals surface area contributed by atoms with Gasteiger partial charge in [0.25, 0.3) is 0 Å². The van der Waals surface area contributed by atoms with Crippen LogP contribution < -0.4 is 15.1 Å². The number of para-hydroxylation sites is 2. The lowest BCUT2D eigenvalue weighted by Gasteiger charge is -2.36. The van der Waals surface area contributed by atoms with Gasteiger partial charge in [0.05, 0.1) is 35.5 Å². The van der Waals surface area contributed by atoms with Crippen LogP contribution in [0.15, 0.2) is 67.4 Å². The quantitative estimate of drug-likeness (QED) is 0.367. The Morgan fingerprint density at radius 1 is 0.946 bits per heavy atom. The molecule has 0 spiro atoms. The van der Waals surface area contributed by atoms with Crippen LogP contribution in [-0.2, 0) is 17.9 Å². The number of imidazole rings is 1. The number of aromatic nitrogens is 6. The molecule has 0 atom stereocenters. The number of halogens is 1. The van der Waals surface area contributed by atoms with Crippen LogP contribution >= 0.6 is 0 Å². The number of rotatable bonds is 7. The fourth-order valence-corrected chi connectivity index (χ4v) is 4.77. The van der Waals surface area contributed by atoms with Crippen molar-refractivity contribution in [3.8, 4) is 0 Å². The first-order chi connectivity index (χ1) is 18.2. The number of amides is 1. The molecule has 0 unspecified atom stereocenters. The lowest BCUT2D eigenvalue weighted by molar-refractivity contribution is -0.121. The number of anilines is 2. The van der Waals surface area contributed by atoms with E-state index in [1.165, 1.54) is 12.1 Å². The second-order valence-electron chi connectivity index (χ2n) is 8.96. The third-order valence-corrected chi connectivity index (χ3v) is 6.67. The van der Waals surface area contributed by atoms with Crippen LogP contribution in [0.3, 0.4) is 0 Å². The van der Waals surface area contributed by atoms with Gasteiger partial charge in [0, 0.05) is 38.4 Å². The van der Waals surface area contributed by atoms with E-state index in [2.05, 4.69) is 35.2 Å². The van der Waals surface area contributed by atoms with Gasteiger partial charge in [0.1, 0.15) is 24.5 Å². The number of piperazine rings is 1. The van der Waals surface area contributed by atoms with Crippen molar-refractivity contribution in [1.82, 2.24) is 34.6 Å². The van der Waals surface area contributed by atoms with Gasteiger partial charge in [-0.05, 0) is 36.4 Å². The van der Waals surface area contributed by atoms with Crippen molar-refractivity contribution in [2.24, 2.45) is 0 Å². The van der Waals surface area contributed by atoms with Crippen LogP contribution in [0.1, 0.15) is 0 Å². The average Bonchev–Trinajstić information content (AvgIpc) is 3.54. The molecule has 1 aliphatic rings. The Hall–Kier alpha value is -4.54. The minimum atomic E-state index is -0.228. The predicted octanol–water partition coefficient (Wildman–Crippen LogP) is 2.46. The van der Waals surface area contributed by atoms with E-state index in [0.29, 0.717) is 13.1 Å². The summed E-state index contributed by atoms with van der Waals surface area (Å²) >= 11 is 0. The Bertz CT molecular complexity index is 1540. The number of carbonyl (C=O) groups is 1. The van der Waals surface area contributed by atoms with Gasteiger partial charge in [-0.2, -0.15) is 5.10 Å². The number of carbonyl (C=O) groups excluding carboxylic acids is 1. The summed E-state index contributed by atoms with van der Waals surface area (Å²) in [4.78, 5) is 30.3. The molecule has 1 amide bonds. The lowest BCUT2D eigenvalue weighted by Crippen LogP contribution is -2.46. The molecular weight excluding hydrogens is 473 g/mol. The molecular formula is C26H26FN9O. The summed E-state index contributed by atoms with van der Waals surface area (Å²) < 4.78 is 16.9. The van der Waals surface area contributed by atoms with E-state index in [1.807, 2.05) is 41.0 Å². The first-order valence-electron chi connectivity index (χ1n) is 12.2. The summed E-state index contributed by atoms with van der Waals surface area (Å²) in [6.45, 7) is 4.32. The first-order valence-corrected chi connectivity index (χ1v) is 12.2. The van der Waals surface area contributed by atoms with Gasteiger partial charge in [-0.1, -0.05) is 12.1 Å². The maximum Gasteiger partial charge on any atom is 0.240 e. The highest BCUT2D eigenvalue weighted by atomic mass is 19.1. The Labute approximate surface area is 212 Å².